The molecule has 2 atom stereocenters. The quantitative estimate of drug-likeness (QED) is 0.535. The molecule has 0 aliphatic heterocycles. The Morgan fingerprint density at radius 2 is 1.92 bits per heavy atom. The van der Waals surface area contributed by atoms with Gasteiger partial charge in [0.15, 0.2) is 5.78 Å². The number of Topliss-reactive ketones (excluding diaryl/α,β-unsaturated/α-hetero) is 1. The van der Waals surface area contributed by atoms with E-state index >= 15 is 0 Å². The van der Waals surface area contributed by atoms with Crippen molar-refractivity contribution in [1.29, 1.82) is 0 Å². The second-order valence-corrected chi connectivity index (χ2v) is 5.31. The van der Waals surface area contributed by atoms with Crippen LogP contribution in [0.5, 0.6) is 0 Å². The molecule has 1 aliphatic carbocycles. The number of carbonyl (C=O) groups excluding carboxylic acids is 1. The summed E-state index contributed by atoms with van der Waals surface area (Å²) >= 11 is 5.83. The fourth-order valence-corrected chi connectivity index (χ4v) is 1.94. The first-order valence-corrected chi connectivity index (χ1v) is 5.01. The number of ketones is 1. The van der Waals surface area contributed by atoms with Gasteiger partial charge in [-0.3, -0.25) is 4.79 Å². The molecule has 12 heavy (non-hydrogen) atoms. The second kappa shape index (κ2) is 3.37. The molecule has 0 aromatic rings. The number of halogens is 1. The Labute approximate surface area is 79.5 Å². The van der Waals surface area contributed by atoms with Crippen molar-refractivity contribution in [2.24, 2.45) is 11.3 Å². The van der Waals surface area contributed by atoms with Crippen molar-refractivity contribution in [3.63, 3.8) is 0 Å². The van der Waals surface area contributed by atoms with Crippen molar-refractivity contribution in [2.45, 2.75) is 45.4 Å². The van der Waals surface area contributed by atoms with E-state index in [1.165, 1.54) is 0 Å². The van der Waals surface area contributed by atoms with E-state index in [1.807, 2.05) is 0 Å². The van der Waals surface area contributed by atoms with Crippen LogP contribution in [0.15, 0.2) is 0 Å². The zero-order valence-corrected chi connectivity index (χ0v) is 8.82. The number of carbonyl (C=O) groups is 1. The van der Waals surface area contributed by atoms with Gasteiger partial charge in [-0.25, -0.2) is 0 Å². The Hall–Kier alpha value is -0.0400. The summed E-state index contributed by atoms with van der Waals surface area (Å²) in [6.07, 6.45) is 2.64. The highest BCUT2D eigenvalue weighted by Gasteiger charge is 2.33. The molecule has 1 aliphatic rings. The topological polar surface area (TPSA) is 17.1 Å². The molecule has 0 heterocycles. The molecule has 0 amide bonds. The molecule has 0 unspecified atom stereocenters. The van der Waals surface area contributed by atoms with E-state index in [2.05, 4.69) is 20.8 Å². The van der Waals surface area contributed by atoms with Crippen LogP contribution in [0.4, 0.5) is 0 Å². The summed E-state index contributed by atoms with van der Waals surface area (Å²) in [5.41, 5.74) is 0.257. The third-order valence-electron chi connectivity index (χ3n) is 2.79. The van der Waals surface area contributed by atoms with Crippen LogP contribution in [0.25, 0.3) is 0 Å². The standard InChI is InChI=1S/C10H17ClO/c1-10(2,3)7-4-5-8(11)9(12)6-7/h7-8H,4-6H2,1-3H3/t7-,8+/m0/s1. The SMILES string of the molecule is CC(C)(C)[C@H]1CC[C@@H](Cl)C(=O)C1. The zero-order chi connectivity index (χ0) is 9.35. The van der Waals surface area contributed by atoms with E-state index in [0.717, 1.165) is 12.8 Å². The molecule has 1 nitrogen and oxygen atoms in total. The van der Waals surface area contributed by atoms with Crippen molar-refractivity contribution in [1.82, 2.24) is 0 Å². The monoisotopic (exact) mass is 188 g/mol. The summed E-state index contributed by atoms with van der Waals surface area (Å²) in [7, 11) is 0. The minimum absolute atomic E-state index is 0.205. The van der Waals surface area contributed by atoms with Gasteiger partial charge >= 0.3 is 0 Å². The summed E-state index contributed by atoms with van der Waals surface area (Å²) in [5, 5.41) is -0.205. The molecule has 0 radical (unpaired) electrons. The first-order valence-electron chi connectivity index (χ1n) is 4.58. The van der Waals surface area contributed by atoms with E-state index in [0.29, 0.717) is 12.3 Å². The van der Waals surface area contributed by atoms with Gasteiger partial charge in [0.05, 0.1) is 5.38 Å². The largest absolute Gasteiger partial charge is 0.298 e. The highest BCUT2D eigenvalue weighted by atomic mass is 35.5. The molecule has 2 heteroatoms. The van der Waals surface area contributed by atoms with Crippen LogP contribution in [0.1, 0.15) is 40.0 Å². The van der Waals surface area contributed by atoms with Gasteiger partial charge in [-0.2, -0.15) is 0 Å². The zero-order valence-electron chi connectivity index (χ0n) is 8.06. The third kappa shape index (κ3) is 2.22. The van der Waals surface area contributed by atoms with Crippen LogP contribution < -0.4 is 0 Å². The maximum absolute atomic E-state index is 11.3. The van der Waals surface area contributed by atoms with E-state index in [-0.39, 0.29) is 16.6 Å². The predicted molar refractivity (Wildman–Crippen MR) is 51.4 cm³/mol. The molecule has 0 aromatic carbocycles. The summed E-state index contributed by atoms with van der Waals surface area (Å²) in [6, 6.07) is 0. The maximum atomic E-state index is 11.3. The normalized spacial score (nSPS) is 32.2. The lowest BCUT2D eigenvalue weighted by molar-refractivity contribution is -0.122. The fourth-order valence-electron chi connectivity index (χ4n) is 1.72. The Kier molecular flexibility index (Phi) is 2.82. The van der Waals surface area contributed by atoms with E-state index in [1.54, 1.807) is 0 Å². The van der Waals surface area contributed by atoms with Crippen LogP contribution in [-0.4, -0.2) is 11.2 Å². The summed E-state index contributed by atoms with van der Waals surface area (Å²) in [6.45, 7) is 6.58. The van der Waals surface area contributed by atoms with Gasteiger partial charge in [-0.05, 0) is 24.2 Å². The van der Waals surface area contributed by atoms with E-state index < -0.39 is 0 Å². The molecule has 0 bridgehead atoms. The molecule has 1 rings (SSSR count). The molecule has 1 saturated carbocycles. The Balaban J connectivity index is 2.57. The van der Waals surface area contributed by atoms with Crippen LogP contribution in [0.2, 0.25) is 0 Å². The first kappa shape index (κ1) is 10.0. The molecule has 1 fully saturated rings. The Bertz CT molecular complexity index is 181. The fraction of sp³-hybridized carbons (Fsp3) is 0.900. The van der Waals surface area contributed by atoms with Crippen molar-refractivity contribution in [3.8, 4) is 0 Å². The molecule has 0 spiro atoms. The minimum atomic E-state index is -0.205. The van der Waals surface area contributed by atoms with E-state index in [9.17, 15) is 4.79 Å². The van der Waals surface area contributed by atoms with Crippen molar-refractivity contribution in [2.75, 3.05) is 0 Å². The molecular weight excluding hydrogens is 172 g/mol. The minimum Gasteiger partial charge on any atom is -0.298 e. The molecule has 0 N–H and O–H groups in total. The van der Waals surface area contributed by atoms with Crippen molar-refractivity contribution in [3.05, 3.63) is 0 Å². The lowest BCUT2D eigenvalue weighted by atomic mass is 9.72. The lowest BCUT2D eigenvalue weighted by Gasteiger charge is -2.34. The molecule has 0 saturated heterocycles. The first-order chi connectivity index (χ1) is 5.41. The Morgan fingerprint density at radius 3 is 2.33 bits per heavy atom. The van der Waals surface area contributed by atoms with Gasteiger partial charge in [0, 0.05) is 6.42 Å². The van der Waals surface area contributed by atoms with Crippen LogP contribution in [-0.2, 0) is 4.79 Å². The third-order valence-corrected chi connectivity index (χ3v) is 3.25. The van der Waals surface area contributed by atoms with Gasteiger partial charge in [0.1, 0.15) is 0 Å². The lowest BCUT2D eigenvalue weighted by Crippen LogP contribution is -2.32. The Morgan fingerprint density at radius 1 is 1.33 bits per heavy atom. The van der Waals surface area contributed by atoms with Crippen molar-refractivity contribution < 1.29 is 4.79 Å². The van der Waals surface area contributed by atoms with Gasteiger partial charge in [0.2, 0.25) is 0 Å². The highest BCUT2D eigenvalue weighted by Crippen LogP contribution is 2.37. The molecular formula is C10H17ClO. The van der Waals surface area contributed by atoms with Crippen LogP contribution in [0.3, 0.4) is 0 Å². The summed E-state index contributed by atoms with van der Waals surface area (Å²) in [4.78, 5) is 11.3. The number of alkyl halides is 1. The molecule has 70 valence electrons. The highest BCUT2D eigenvalue weighted by molar-refractivity contribution is 6.31. The number of hydrogen-bond donors (Lipinski definition) is 0. The van der Waals surface area contributed by atoms with Crippen LogP contribution >= 0.6 is 11.6 Å². The summed E-state index contributed by atoms with van der Waals surface area (Å²) < 4.78 is 0. The van der Waals surface area contributed by atoms with E-state index in [4.69, 9.17) is 11.6 Å². The predicted octanol–water partition coefficient (Wildman–Crippen LogP) is 3.01. The average molecular weight is 189 g/mol. The number of rotatable bonds is 0. The van der Waals surface area contributed by atoms with Crippen LogP contribution in [0, 0.1) is 11.3 Å². The summed E-state index contributed by atoms with van der Waals surface area (Å²) in [5.74, 6) is 0.767. The van der Waals surface area contributed by atoms with Crippen molar-refractivity contribution >= 4 is 17.4 Å². The average Bonchev–Trinajstić information content (AvgIpc) is 1.92. The van der Waals surface area contributed by atoms with Gasteiger partial charge in [0.25, 0.3) is 0 Å². The van der Waals surface area contributed by atoms with Gasteiger partial charge in [-0.1, -0.05) is 20.8 Å². The van der Waals surface area contributed by atoms with Gasteiger partial charge in [-0.15, -0.1) is 11.6 Å². The smallest absolute Gasteiger partial charge is 0.150 e. The van der Waals surface area contributed by atoms with Gasteiger partial charge < -0.3 is 0 Å². The second-order valence-electron chi connectivity index (χ2n) is 4.78. The maximum Gasteiger partial charge on any atom is 0.150 e. The number of hydrogen-bond acceptors (Lipinski definition) is 1. The molecule has 0 aromatic heterocycles.